The summed E-state index contributed by atoms with van der Waals surface area (Å²) in [6.07, 6.45) is 3.52. The van der Waals surface area contributed by atoms with Crippen molar-refractivity contribution in [1.82, 2.24) is 9.78 Å². The highest BCUT2D eigenvalue weighted by Crippen LogP contribution is 2.28. The van der Waals surface area contributed by atoms with E-state index in [1.54, 1.807) is 16.8 Å². The number of benzene rings is 1. The summed E-state index contributed by atoms with van der Waals surface area (Å²) in [5.41, 5.74) is 4.59. The molecule has 0 fully saturated rings. The van der Waals surface area contributed by atoms with Crippen LogP contribution in [0.15, 0.2) is 24.3 Å². The van der Waals surface area contributed by atoms with E-state index in [9.17, 15) is 4.79 Å². The number of hydrogen-bond donors (Lipinski definition) is 1. The molecule has 0 aliphatic carbocycles. The molecule has 0 aliphatic heterocycles. The van der Waals surface area contributed by atoms with Crippen LogP contribution in [0.2, 0.25) is 5.02 Å². The molecule has 5 heteroatoms. The predicted molar refractivity (Wildman–Crippen MR) is 84.1 cm³/mol. The highest BCUT2D eigenvalue weighted by molar-refractivity contribution is 6.32. The number of hydrogen-bond acceptors (Lipinski definition) is 2. The van der Waals surface area contributed by atoms with Crippen LogP contribution in [0.5, 0.6) is 0 Å². The van der Waals surface area contributed by atoms with Crippen molar-refractivity contribution >= 4 is 23.6 Å². The summed E-state index contributed by atoms with van der Waals surface area (Å²) < 4.78 is 1.79. The summed E-state index contributed by atoms with van der Waals surface area (Å²) in [5.74, 6) is -0.997. The maximum absolute atomic E-state index is 10.7. The van der Waals surface area contributed by atoms with Gasteiger partial charge in [0.15, 0.2) is 0 Å². The van der Waals surface area contributed by atoms with Gasteiger partial charge in [-0.1, -0.05) is 30.7 Å². The second-order valence-electron chi connectivity index (χ2n) is 4.76. The van der Waals surface area contributed by atoms with Crippen LogP contribution in [-0.4, -0.2) is 20.9 Å². The van der Waals surface area contributed by atoms with Crippen LogP contribution in [0.25, 0.3) is 11.8 Å². The van der Waals surface area contributed by atoms with E-state index in [1.165, 1.54) is 11.6 Å². The second kappa shape index (κ2) is 6.14. The Labute approximate surface area is 128 Å². The fraction of sp³-hybridized carbons (Fsp3) is 0.250. The average molecular weight is 305 g/mol. The van der Waals surface area contributed by atoms with Crippen LogP contribution in [-0.2, 0) is 11.2 Å². The second-order valence-corrected chi connectivity index (χ2v) is 5.17. The zero-order chi connectivity index (χ0) is 15.6. The van der Waals surface area contributed by atoms with Gasteiger partial charge in [0.05, 0.1) is 16.4 Å². The first kappa shape index (κ1) is 15.3. The number of carbonyl (C=O) groups is 1. The molecule has 1 N–H and O–H groups in total. The number of aliphatic carboxylic acids is 1. The van der Waals surface area contributed by atoms with Gasteiger partial charge in [-0.2, -0.15) is 5.10 Å². The van der Waals surface area contributed by atoms with Crippen LogP contribution in [0.3, 0.4) is 0 Å². The van der Waals surface area contributed by atoms with Gasteiger partial charge in [0, 0.05) is 17.3 Å². The third kappa shape index (κ3) is 3.00. The Morgan fingerprint density at radius 1 is 1.43 bits per heavy atom. The molecule has 0 bridgehead atoms. The lowest BCUT2D eigenvalue weighted by Crippen LogP contribution is -2.03. The van der Waals surface area contributed by atoms with Gasteiger partial charge in [0.25, 0.3) is 0 Å². The minimum absolute atomic E-state index is 0.538. The normalized spacial score (nSPS) is 11.2. The lowest BCUT2D eigenvalue weighted by Gasteiger charge is -2.11. The zero-order valence-electron chi connectivity index (χ0n) is 12.2. The van der Waals surface area contributed by atoms with Crippen molar-refractivity contribution < 1.29 is 9.90 Å². The molecule has 2 aromatic rings. The molecule has 0 atom stereocenters. The van der Waals surface area contributed by atoms with E-state index in [4.69, 9.17) is 16.7 Å². The Balaban J connectivity index is 2.66. The number of aryl methyl sites for hydroxylation is 1. The summed E-state index contributed by atoms with van der Waals surface area (Å²) in [6.45, 7) is 6.04. The maximum atomic E-state index is 10.7. The molecule has 0 aliphatic rings. The topological polar surface area (TPSA) is 55.1 Å². The van der Waals surface area contributed by atoms with Gasteiger partial charge in [-0.3, -0.25) is 0 Å². The maximum Gasteiger partial charge on any atom is 0.328 e. The van der Waals surface area contributed by atoms with Gasteiger partial charge < -0.3 is 5.11 Å². The third-order valence-corrected chi connectivity index (χ3v) is 3.73. The number of nitrogens with zero attached hydrogens (tertiary/aromatic N) is 2. The first-order valence-corrected chi connectivity index (χ1v) is 7.08. The van der Waals surface area contributed by atoms with Crippen LogP contribution in [0.1, 0.15) is 29.4 Å². The molecule has 110 valence electrons. The van der Waals surface area contributed by atoms with Gasteiger partial charge in [-0.05, 0) is 38.0 Å². The number of aromatic nitrogens is 2. The average Bonchev–Trinajstić information content (AvgIpc) is 2.71. The first-order chi connectivity index (χ1) is 9.95. The van der Waals surface area contributed by atoms with E-state index in [0.29, 0.717) is 10.7 Å². The zero-order valence-corrected chi connectivity index (χ0v) is 13.0. The highest BCUT2D eigenvalue weighted by atomic mass is 35.5. The number of carboxylic acids is 1. The molecule has 2 rings (SSSR count). The summed E-state index contributed by atoms with van der Waals surface area (Å²) in [5, 5.41) is 13.9. The van der Waals surface area contributed by atoms with E-state index in [-0.39, 0.29) is 0 Å². The molecule has 0 unspecified atom stereocenters. The molecular weight excluding hydrogens is 288 g/mol. The lowest BCUT2D eigenvalue weighted by atomic mass is 10.1. The van der Waals surface area contributed by atoms with E-state index in [1.807, 2.05) is 19.9 Å². The quantitative estimate of drug-likeness (QED) is 0.874. The van der Waals surface area contributed by atoms with E-state index in [2.05, 4.69) is 12.0 Å². The fourth-order valence-electron chi connectivity index (χ4n) is 2.46. The molecule has 1 aromatic carbocycles. The Kier molecular flexibility index (Phi) is 4.48. The predicted octanol–water partition coefficient (Wildman–Crippen LogP) is 3.80. The molecule has 0 saturated heterocycles. The summed E-state index contributed by atoms with van der Waals surface area (Å²) in [7, 11) is 0. The Bertz CT molecular complexity index is 717. The summed E-state index contributed by atoms with van der Waals surface area (Å²) >= 11 is 6.31. The van der Waals surface area contributed by atoms with Gasteiger partial charge in [0.1, 0.15) is 0 Å². The summed E-state index contributed by atoms with van der Waals surface area (Å²) in [6, 6.07) is 5.39. The van der Waals surface area contributed by atoms with Gasteiger partial charge in [0.2, 0.25) is 0 Å². The van der Waals surface area contributed by atoms with Crippen molar-refractivity contribution in [3.05, 3.63) is 51.8 Å². The van der Waals surface area contributed by atoms with E-state index >= 15 is 0 Å². The van der Waals surface area contributed by atoms with Crippen molar-refractivity contribution in [3.8, 4) is 5.69 Å². The van der Waals surface area contributed by atoms with Gasteiger partial charge in [-0.15, -0.1) is 0 Å². The molecule has 1 aromatic heterocycles. The van der Waals surface area contributed by atoms with Crippen LogP contribution in [0.4, 0.5) is 0 Å². The molecule has 1 heterocycles. The number of para-hydroxylation sites is 1. The Morgan fingerprint density at radius 2 is 2.14 bits per heavy atom. The monoisotopic (exact) mass is 304 g/mol. The first-order valence-electron chi connectivity index (χ1n) is 6.70. The molecule has 21 heavy (non-hydrogen) atoms. The van der Waals surface area contributed by atoms with Crippen molar-refractivity contribution in [3.63, 3.8) is 0 Å². The largest absolute Gasteiger partial charge is 0.478 e. The lowest BCUT2D eigenvalue weighted by molar-refractivity contribution is -0.131. The van der Waals surface area contributed by atoms with Crippen molar-refractivity contribution in [1.29, 1.82) is 0 Å². The number of carboxylic acid groups (broad SMARTS) is 1. The van der Waals surface area contributed by atoms with E-state index in [0.717, 1.165) is 29.4 Å². The van der Waals surface area contributed by atoms with E-state index < -0.39 is 5.97 Å². The molecule has 0 amide bonds. The van der Waals surface area contributed by atoms with Crippen LogP contribution in [0, 0.1) is 13.8 Å². The van der Waals surface area contributed by atoms with Crippen molar-refractivity contribution in [2.75, 3.05) is 0 Å². The number of halogens is 1. The number of rotatable bonds is 4. The summed E-state index contributed by atoms with van der Waals surface area (Å²) in [4.78, 5) is 10.7. The molecule has 4 nitrogen and oxygen atoms in total. The Morgan fingerprint density at radius 3 is 2.71 bits per heavy atom. The van der Waals surface area contributed by atoms with Gasteiger partial charge in [-0.25, -0.2) is 9.48 Å². The van der Waals surface area contributed by atoms with Crippen molar-refractivity contribution in [2.45, 2.75) is 27.2 Å². The van der Waals surface area contributed by atoms with Crippen LogP contribution >= 0.6 is 11.6 Å². The molecule has 0 saturated carbocycles. The SMILES string of the molecule is CCc1c(C)nn(-c2c(Cl)cccc2/C=C/C(=O)O)c1C. The highest BCUT2D eigenvalue weighted by Gasteiger charge is 2.15. The van der Waals surface area contributed by atoms with Crippen LogP contribution < -0.4 is 0 Å². The standard InChI is InChI=1S/C16H17ClN2O2/c1-4-13-10(2)18-19(11(13)3)16-12(8-9-15(20)21)6-5-7-14(16)17/h5-9H,4H2,1-3H3,(H,20,21)/b9-8+. The minimum Gasteiger partial charge on any atom is -0.478 e. The molecule has 0 spiro atoms. The van der Waals surface area contributed by atoms with Gasteiger partial charge >= 0.3 is 5.97 Å². The fourth-order valence-corrected chi connectivity index (χ4v) is 2.72. The minimum atomic E-state index is -0.997. The molecular formula is C16H17ClN2O2. The molecule has 0 radical (unpaired) electrons. The third-order valence-electron chi connectivity index (χ3n) is 3.43. The van der Waals surface area contributed by atoms with Crippen molar-refractivity contribution in [2.24, 2.45) is 0 Å². The smallest absolute Gasteiger partial charge is 0.328 e. The Hall–Kier alpha value is -2.07.